The van der Waals surface area contributed by atoms with Crippen LogP contribution in [0.2, 0.25) is 0 Å². The van der Waals surface area contributed by atoms with Crippen molar-refractivity contribution in [1.82, 2.24) is 24.8 Å². The van der Waals surface area contributed by atoms with Gasteiger partial charge in [-0.2, -0.15) is 18.3 Å². The number of likely N-dealkylation sites (tertiary alicyclic amines) is 1. The molecule has 38 heavy (non-hydrogen) atoms. The third-order valence-electron chi connectivity index (χ3n) is 8.03. The zero-order chi connectivity index (χ0) is 27.1. The lowest BCUT2D eigenvalue weighted by Gasteiger charge is -2.18. The zero-order valence-electron chi connectivity index (χ0n) is 20.1. The summed E-state index contributed by atoms with van der Waals surface area (Å²) in [5.41, 5.74) is 3.72. The number of hydrogen-bond acceptors (Lipinski definition) is 5. The zero-order valence-corrected chi connectivity index (χ0v) is 20.1. The highest BCUT2D eigenvalue weighted by Crippen LogP contribution is 2.71. The van der Waals surface area contributed by atoms with Gasteiger partial charge >= 0.3 is 6.18 Å². The summed E-state index contributed by atoms with van der Waals surface area (Å²) in [7, 11) is 0. The number of halogens is 5. The van der Waals surface area contributed by atoms with E-state index in [1.807, 2.05) is 0 Å². The van der Waals surface area contributed by atoms with Crippen molar-refractivity contribution >= 4 is 23.1 Å². The average Bonchev–Trinajstić information content (AvgIpc) is 3.70. The molecule has 0 radical (unpaired) electrons. The Hall–Kier alpha value is -3.77. The molecule has 8 nitrogen and oxygen atoms in total. The third kappa shape index (κ3) is 3.86. The number of carbonyl (C=O) groups excluding carboxylic acids is 2. The highest BCUT2D eigenvalue weighted by molar-refractivity contribution is 5.97. The molecule has 2 saturated carbocycles. The van der Waals surface area contributed by atoms with Gasteiger partial charge in [0.2, 0.25) is 5.91 Å². The lowest BCUT2D eigenvalue weighted by molar-refractivity contribution is -0.136. The molecule has 3 aliphatic rings. The summed E-state index contributed by atoms with van der Waals surface area (Å²) in [6, 6.07) is 1.98. The van der Waals surface area contributed by atoms with Gasteiger partial charge in [-0.25, -0.2) is 18.3 Å². The summed E-state index contributed by atoms with van der Waals surface area (Å²) < 4.78 is 71.7. The Labute approximate surface area is 213 Å². The van der Waals surface area contributed by atoms with E-state index in [-0.39, 0.29) is 52.7 Å². The number of alkyl halides is 4. The molecule has 3 N–H and O–H groups in total. The molecule has 200 valence electrons. The number of nitrogens with zero attached hydrogens (tertiary/aromatic N) is 4. The van der Waals surface area contributed by atoms with Gasteiger partial charge in [0.05, 0.1) is 23.8 Å². The molecule has 1 spiro atoms. The number of fused-ring (bicyclic) bond motifs is 1. The van der Waals surface area contributed by atoms with Crippen molar-refractivity contribution in [3.8, 4) is 11.3 Å². The topological polar surface area (TPSA) is 106 Å². The molecule has 0 bridgehead atoms. The van der Waals surface area contributed by atoms with E-state index in [1.54, 1.807) is 0 Å². The first-order chi connectivity index (χ1) is 17.9. The Morgan fingerprint density at radius 3 is 2.58 bits per heavy atom. The maximum atomic E-state index is 14.9. The number of benzene rings is 1. The molecular formula is C25H23F5N6O2. The van der Waals surface area contributed by atoms with Gasteiger partial charge in [0, 0.05) is 23.6 Å². The van der Waals surface area contributed by atoms with Crippen LogP contribution in [0.3, 0.4) is 0 Å². The van der Waals surface area contributed by atoms with Crippen LogP contribution >= 0.6 is 0 Å². The highest BCUT2D eigenvalue weighted by atomic mass is 19.4. The predicted octanol–water partition coefficient (Wildman–Crippen LogP) is 3.52. The monoisotopic (exact) mass is 534 g/mol. The lowest BCUT2D eigenvalue weighted by atomic mass is 10.0. The van der Waals surface area contributed by atoms with Crippen molar-refractivity contribution in [3.63, 3.8) is 0 Å². The van der Waals surface area contributed by atoms with Gasteiger partial charge in [-0.3, -0.25) is 9.59 Å². The van der Waals surface area contributed by atoms with Crippen LogP contribution in [-0.2, 0) is 11.0 Å². The molecule has 3 aromatic rings. The number of nitrogens with one attached hydrogen (secondary N) is 1. The number of hydrogen-bond donors (Lipinski definition) is 2. The summed E-state index contributed by atoms with van der Waals surface area (Å²) >= 11 is 0. The van der Waals surface area contributed by atoms with Gasteiger partial charge in [-0.05, 0) is 55.4 Å². The molecule has 6 rings (SSSR count). The first-order valence-electron chi connectivity index (χ1n) is 12.1. The van der Waals surface area contributed by atoms with Crippen LogP contribution in [-0.4, -0.2) is 56.6 Å². The van der Waals surface area contributed by atoms with E-state index in [9.17, 15) is 31.5 Å². The van der Waals surface area contributed by atoms with Crippen LogP contribution in [0.5, 0.6) is 0 Å². The van der Waals surface area contributed by atoms with Crippen molar-refractivity contribution in [1.29, 1.82) is 0 Å². The van der Waals surface area contributed by atoms with Crippen molar-refractivity contribution in [2.45, 2.75) is 44.6 Å². The highest BCUT2D eigenvalue weighted by Gasteiger charge is 2.66. The minimum absolute atomic E-state index is 0.00593. The Bertz CT molecular complexity index is 1500. The number of anilines is 1. The molecule has 1 saturated heterocycles. The van der Waals surface area contributed by atoms with Crippen LogP contribution < -0.4 is 11.1 Å². The van der Waals surface area contributed by atoms with Crippen molar-refractivity contribution in [2.75, 3.05) is 18.8 Å². The van der Waals surface area contributed by atoms with Gasteiger partial charge in [-0.1, -0.05) is 0 Å². The smallest absolute Gasteiger partial charge is 0.382 e. The Kier molecular flexibility index (Phi) is 5.24. The number of carbonyl (C=O) groups is 2. The van der Waals surface area contributed by atoms with E-state index >= 15 is 0 Å². The lowest BCUT2D eigenvalue weighted by Crippen LogP contribution is -2.42. The molecular weight excluding hydrogens is 511 g/mol. The Morgan fingerprint density at radius 1 is 1.18 bits per heavy atom. The summed E-state index contributed by atoms with van der Waals surface area (Å²) in [6.07, 6.45) is -2.50. The van der Waals surface area contributed by atoms with E-state index in [4.69, 9.17) is 5.73 Å². The van der Waals surface area contributed by atoms with Crippen LogP contribution in [0.4, 0.5) is 27.8 Å². The predicted molar refractivity (Wildman–Crippen MR) is 125 cm³/mol. The van der Waals surface area contributed by atoms with E-state index in [0.717, 1.165) is 42.2 Å². The minimum Gasteiger partial charge on any atom is -0.382 e. The van der Waals surface area contributed by atoms with Crippen molar-refractivity contribution in [3.05, 3.63) is 47.0 Å². The number of nitrogens with two attached hydrogens (primary N) is 1. The van der Waals surface area contributed by atoms with Gasteiger partial charge in [0.25, 0.3) is 5.91 Å². The molecule has 3 atom stereocenters. The summed E-state index contributed by atoms with van der Waals surface area (Å²) in [6.45, 7) is 1.19. The maximum absolute atomic E-state index is 14.9. The Morgan fingerprint density at radius 2 is 1.92 bits per heavy atom. The van der Waals surface area contributed by atoms with Crippen molar-refractivity contribution in [2.24, 2.45) is 11.3 Å². The van der Waals surface area contributed by atoms with Gasteiger partial charge < -0.3 is 16.0 Å². The molecule has 13 heteroatoms. The maximum Gasteiger partial charge on any atom is 0.418 e. The molecule has 2 aliphatic carbocycles. The van der Waals surface area contributed by atoms with Crippen LogP contribution in [0, 0.1) is 24.1 Å². The number of aromatic nitrogens is 3. The number of amides is 2. The molecule has 1 aromatic carbocycles. The number of rotatable bonds is 4. The first-order valence-corrected chi connectivity index (χ1v) is 12.1. The molecule has 3 heterocycles. The molecule has 2 amide bonds. The standard InChI is InChI=1S/C25H23F5N6O2/c1-11-13(22(37)34-18-9-35(8-17(18)27)23(38)15-7-24(15)2-3-24)4-12(5-16(11)26)19-6-14(25(28,29)30)20-21(31)32-10-33-36(19)20/h4-6,10,15,17-18H,2-3,7-9H2,1H3,(H,34,37)(H2,31,32,33)/t15?,17-,18+/m0/s1. The fraction of sp³-hybridized carbons (Fsp3) is 0.440. The summed E-state index contributed by atoms with van der Waals surface area (Å²) in [5.74, 6) is -2.25. The average molecular weight is 534 g/mol. The van der Waals surface area contributed by atoms with E-state index in [0.29, 0.717) is 0 Å². The Balaban J connectivity index is 1.29. The van der Waals surface area contributed by atoms with Gasteiger partial charge in [0.15, 0.2) is 5.82 Å². The van der Waals surface area contributed by atoms with E-state index in [2.05, 4.69) is 15.4 Å². The number of nitrogen functional groups attached to an aromatic ring is 1. The molecule has 2 aromatic heterocycles. The van der Waals surface area contributed by atoms with E-state index < -0.39 is 47.0 Å². The van der Waals surface area contributed by atoms with Gasteiger partial charge in [-0.15, -0.1) is 0 Å². The second-order valence-corrected chi connectivity index (χ2v) is 10.4. The van der Waals surface area contributed by atoms with Crippen LogP contribution in [0.1, 0.15) is 40.7 Å². The SMILES string of the molecule is Cc1c(F)cc(-c2cc(C(F)(F)F)c3c(N)ncnn23)cc1C(=O)N[C@@H]1CN(C(=O)C2CC23CC3)C[C@@H]1F. The minimum atomic E-state index is -4.80. The second kappa shape index (κ2) is 8.11. The van der Waals surface area contributed by atoms with Crippen LogP contribution in [0.15, 0.2) is 24.5 Å². The molecule has 3 fully saturated rings. The second-order valence-electron chi connectivity index (χ2n) is 10.4. The summed E-state index contributed by atoms with van der Waals surface area (Å²) in [5, 5.41) is 6.39. The molecule has 1 aliphatic heterocycles. The van der Waals surface area contributed by atoms with Crippen molar-refractivity contribution < 1.29 is 31.5 Å². The molecule has 1 unspecified atom stereocenters. The normalized spacial score (nSPS) is 23.7. The quantitative estimate of drug-likeness (QED) is 0.499. The third-order valence-corrected chi connectivity index (χ3v) is 8.03. The fourth-order valence-electron chi connectivity index (χ4n) is 5.51. The first kappa shape index (κ1) is 24.6. The van der Waals surface area contributed by atoms with E-state index in [1.165, 1.54) is 17.9 Å². The van der Waals surface area contributed by atoms with Crippen LogP contribution in [0.25, 0.3) is 16.8 Å². The largest absolute Gasteiger partial charge is 0.418 e. The van der Waals surface area contributed by atoms with Gasteiger partial charge in [0.1, 0.15) is 23.8 Å². The summed E-state index contributed by atoms with van der Waals surface area (Å²) in [4.78, 5) is 30.9. The fourth-order valence-corrected chi connectivity index (χ4v) is 5.51.